The molecule has 8 nitrogen and oxygen atoms in total. The van der Waals surface area contributed by atoms with Crippen LogP contribution in [0.5, 0.6) is 5.75 Å². The van der Waals surface area contributed by atoms with Crippen molar-refractivity contribution in [2.24, 2.45) is 5.41 Å². The van der Waals surface area contributed by atoms with Crippen LogP contribution < -0.4 is 10.9 Å². The molecule has 212 valence electrons. The van der Waals surface area contributed by atoms with Gasteiger partial charge in [-0.25, -0.2) is 4.79 Å². The Morgan fingerprint density at radius 1 is 1.02 bits per heavy atom. The van der Waals surface area contributed by atoms with E-state index in [2.05, 4.69) is 5.32 Å². The zero-order valence-corrected chi connectivity index (χ0v) is 22.1. The maximum absolute atomic E-state index is 13.6. The number of ether oxygens (including phenoxy) is 1. The highest BCUT2D eigenvalue weighted by Crippen LogP contribution is 2.32. The molecule has 0 saturated carbocycles. The van der Waals surface area contributed by atoms with Crippen molar-refractivity contribution in [1.29, 1.82) is 0 Å². The highest BCUT2D eigenvalue weighted by atomic mass is 19.4. The van der Waals surface area contributed by atoms with Crippen molar-refractivity contribution < 1.29 is 37.7 Å². The predicted octanol–water partition coefficient (Wildman–Crippen LogP) is 4.59. The van der Waals surface area contributed by atoms with Crippen molar-refractivity contribution in [3.63, 3.8) is 0 Å². The number of rotatable bonds is 6. The third kappa shape index (κ3) is 5.89. The summed E-state index contributed by atoms with van der Waals surface area (Å²) in [6, 6.07) is 10.3. The lowest BCUT2D eigenvalue weighted by Crippen LogP contribution is -2.50. The van der Waals surface area contributed by atoms with Gasteiger partial charge in [0, 0.05) is 12.0 Å². The molecule has 1 aliphatic heterocycles. The summed E-state index contributed by atoms with van der Waals surface area (Å²) in [5.41, 5.74) is -0.276. The molecule has 1 unspecified atom stereocenters. The van der Waals surface area contributed by atoms with E-state index in [0.717, 1.165) is 12.1 Å². The summed E-state index contributed by atoms with van der Waals surface area (Å²) < 4.78 is 45.5. The van der Waals surface area contributed by atoms with E-state index in [1.165, 1.54) is 16.7 Å². The Bertz CT molecular complexity index is 1490. The average molecular weight is 559 g/mol. The number of aromatic hydroxyl groups is 1. The lowest BCUT2D eigenvalue weighted by molar-refractivity contribution is -0.142. The van der Waals surface area contributed by atoms with Crippen LogP contribution in [0.25, 0.3) is 11.1 Å². The number of pyridine rings is 1. The summed E-state index contributed by atoms with van der Waals surface area (Å²) in [6.07, 6.45) is -4.18. The molecule has 2 heterocycles. The SMILES string of the molecule is CC(C)(C)C(NC(=O)c1c(O)c2c(n(Cc3ccc(-c4ccc(C(F)(F)F)cc4)cc3)c1=O)COCC2)C(=O)O. The number of nitrogens with zero attached hydrogens (tertiary/aromatic N) is 1. The third-order valence-electron chi connectivity index (χ3n) is 6.85. The first-order valence-corrected chi connectivity index (χ1v) is 12.5. The smallest absolute Gasteiger partial charge is 0.416 e. The molecule has 2 aromatic carbocycles. The molecular formula is C29H29F3N2O6. The summed E-state index contributed by atoms with van der Waals surface area (Å²) in [5.74, 6) is -2.77. The standard InChI is InChI=1S/C29H29F3N2O6/c1-28(2,3)24(27(38)39)33-25(36)22-23(35)20-12-13-40-15-21(20)34(26(22)37)14-16-4-6-17(7-5-16)18-8-10-19(11-9-18)29(30,31)32/h4-11,24,35H,12-15H2,1-3H3,(H,33,36)(H,38,39). The number of amides is 1. The molecule has 40 heavy (non-hydrogen) atoms. The van der Waals surface area contributed by atoms with E-state index < -0.39 is 51.9 Å². The largest absolute Gasteiger partial charge is 0.507 e. The van der Waals surface area contributed by atoms with Crippen LogP contribution >= 0.6 is 0 Å². The Morgan fingerprint density at radius 2 is 1.60 bits per heavy atom. The molecule has 0 bridgehead atoms. The number of fused-ring (bicyclic) bond motifs is 1. The minimum absolute atomic E-state index is 0.0139. The van der Waals surface area contributed by atoms with Gasteiger partial charge in [0.1, 0.15) is 17.4 Å². The summed E-state index contributed by atoms with van der Waals surface area (Å²) in [7, 11) is 0. The fourth-order valence-electron chi connectivity index (χ4n) is 4.64. The van der Waals surface area contributed by atoms with Crippen LogP contribution in [0, 0.1) is 5.41 Å². The lowest BCUT2D eigenvalue weighted by Gasteiger charge is -2.28. The maximum atomic E-state index is 13.6. The number of hydrogen-bond donors (Lipinski definition) is 3. The van der Waals surface area contributed by atoms with Crippen LogP contribution in [0.2, 0.25) is 0 Å². The lowest BCUT2D eigenvalue weighted by atomic mass is 9.86. The number of hydrogen-bond acceptors (Lipinski definition) is 5. The minimum atomic E-state index is -4.43. The van der Waals surface area contributed by atoms with Gasteiger partial charge in [-0.15, -0.1) is 0 Å². The first kappa shape index (κ1) is 28.9. The predicted molar refractivity (Wildman–Crippen MR) is 140 cm³/mol. The summed E-state index contributed by atoms with van der Waals surface area (Å²) in [5, 5.41) is 22.9. The molecule has 0 fully saturated rings. The van der Waals surface area contributed by atoms with E-state index in [1.807, 2.05) is 0 Å². The third-order valence-corrected chi connectivity index (χ3v) is 6.85. The van der Waals surface area contributed by atoms with Gasteiger partial charge in [0.2, 0.25) is 0 Å². The van der Waals surface area contributed by atoms with Crippen molar-refractivity contribution in [2.75, 3.05) is 6.61 Å². The van der Waals surface area contributed by atoms with Gasteiger partial charge in [0.15, 0.2) is 0 Å². The number of aliphatic carboxylic acids is 1. The van der Waals surface area contributed by atoms with Crippen molar-refractivity contribution in [3.05, 3.63) is 86.8 Å². The number of carboxylic acid groups (broad SMARTS) is 1. The van der Waals surface area contributed by atoms with Gasteiger partial charge in [-0.3, -0.25) is 9.59 Å². The van der Waals surface area contributed by atoms with E-state index >= 15 is 0 Å². The van der Waals surface area contributed by atoms with E-state index in [-0.39, 0.29) is 26.2 Å². The van der Waals surface area contributed by atoms with Gasteiger partial charge in [-0.05, 0) is 34.2 Å². The topological polar surface area (TPSA) is 118 Å². The Kier molecular flexibility index (Phi) is 7.80. The monoisotopic (exact) mass is 558 g/mol. The Labute approximate surface area is 228 Å². The number of alkyl halides is 3. The van der Waals surface area contributed by atoms with Crippen molar-refractivity contribution in [2.45, 2.75) is 52.6 Å². The second-order valence-corrected chi connectivity index (χ2v) is 10.7. The number of aromatic nitrogens is 1. The van der Waals surface area contributed by atoms with Crippen LogP contribution in [-0.2, 0) is 35.3 Å². The zero-order chi connectivity index (χ0) is 29.4. The highest BCUT2D eigenvalue weighted by molar-refractivity contribution is 5.99. The number of halogens is 3. The minimum Gasteiger partial charge on any atom is -0.507 e. The number of carboxylic acids is 1. The molecular weight excluding hydrogens is 529 g/mol. The van der Waals surface area contributed by atoms with Gasteiger partial charge in [-0.1, -0.05) is 57.2 Å². The van der Waals surface area contributed by atoms with Crippen LogP contribution in [0.3, 0.4) is 0 Å². The first-order chi connectivity index (χ1) is 18.7. The molecule has 0 radical (unpaired) electrons. The van der Waals surface area contributed by atoms with Crippen molar-refractivity contribution in [1.82, 2.24) is 9.88 Å². The molecule has 1 aromatic heterocycles. The number of nitrogens with one attached hydrogen (secondary N) is 1. The van der Waals surface area contributed by atoms with Crippen LogP contribution in [-0.4, -0.2) is 39.3 Å². The number of carbonyl (C=O) groups is 2. The zero-order valence-electron chi connectivity index (χ0n) is 22.1. The molecule has 0 spiro atoms. The molecule has 3 N–H and O–H groups in total. The van der Waals surface area contributed by atoms with Crippen LogP contribution in [0.1, 0.15) is 53.5 Å². The van der Waals surface area contributed by atoms with Gasteiger partial charge in [0.25, 0.3) is 11.5 Å². The molecule has 3 aromatic rings. The Hall–Kier alpha value is -4.12. The highest BCUT2D eigenvalue weighted by Gasteiger charge is 2.35. The quantitative estimate of drug-likeness (QED) is 0.408. The fraction of sp³-hybridized carbons (Fsp3) is 0.345. The molecule has 1 amide bonds. The molecule has 4 rings (SSSR count). The molecule has 1 aliphatic rings. The summed E-state index contributed by atoms with van der Waals surface area (Å²) in [6.45, 7) is 5.19. The maximum Gasteiger partial charge on any atom is 0.416 e. The number of benzene rings is 2. The average Bonchev–Trinajstić information content (AvgIpc) is 2.89. The Morgan fingerprint density at radius 3 is 2.12 bits per heavy atom. The first-order valence-electron chi connectivity index (χ1n) is 12.5. The van der Waals surface area contributed by atoms with E-state index in [0.29, 0.717) is 27.9 Å². The van der Waals surface area contributed by atoms with Crippen molar-refractivity contribution in [3.8, 4) is 16.9 Å². The number of carbonyl (C=O) groups excluding carboxylic acids is 1. The Balaban J connectivity index is 1.68. The van der Waals surface area contributed by atoms with Gasteiger partial charge < -0.3 is 24.8 Å². The molecule has 1 atom stereocenters. The van der Waals surface area contributed by atoms with E-state index in [9.17, 15) is 37.8 Å². The second-order valence-electron chi connectivity index (χ2n) is 10.7. The van der Waals surface area contributed by atoms with Gasteiger partial charge >= 0.3 is 12.1 Å². The molecule has 0 saturated heterocycles. The van der Waals surface area contributed by atoms with Gasteiger partial charge in [0.05, 0.1) is 31.0 Å². The molecule has 0 aliphatic carbocycles. The normalized spacial score (nSPS) is 14.3. The van der Waals surface area contributed by atoms with Crippen LogP contribution in [0.15, 0.2) is 53.3 Å². The molecule has 11 heteroatoms. The second kappa shape index (κ2) is 10.8. The van der Waals surface area contributed by atoms with E-state index in [4.69, 9.17) is 4.74 Å². The van der Waals surface area contributed by atoms with Crippen molar-refractivity contribution >= 4 is 11.9 Å². The summed E-state index contributed by atoms with van der Waals surface area (Å²) in [4.78, 5) is 38.5. The van der Waals surface area contributed by atoms with Gasteiger partial charge in [-0.2, -0.15) is 13.2 Å². The summed E-state index contributed by atoms with van der Waals surface area (Å²) >= 11 is 0. The fourth-order valence-corrected chi connectivity index (χ4v) is 4.64. The van der Waals surface area contributed by atoms with E-state index in [1.54, 1.807) is 45.0 Å². The van der Waals surface area contributed by atoms with Crippen LogP contribution in [0.4, 0.5) is 13.2 Å².